The van der Waals surface area contributed by atoms with Crippen LogP contribution in [0.3, 0.4) is 0 Å². The minimum Gasteiger partial charge on any atom is -0.374 e. The molecule has 106 valence electrons. The Bertz CT molecular complexity index is 610. The summed E-state index contributed by atoms with van der Waals surface area (Å²) in [6, 6.07) is 7.24. The maximum Gasteiger partial charge on any atom is 0.158 e. The molecule has 2 aromatic rings. The van der Waals surface area contributed by atoms with Gasteiger partial charge in [0.1, 0.15) is 17.6 Å². The molecule has 0 unspecified atom stereocenters. The van der Waals surface area contributed by atoms with Gasteiger partial charge in [-0.3, -0.25) is 0 Å². The predicted molar refractivity (Wildman–Crippen MR) is 89.8 cm³/mol. The Balaban J connectivity index is 2.21. The highest BCUT2D eigenvalue weighted by atomic mass is 127. The Hall–Kier alpha value is -0.630. The van der Waals surface area contributed by atoms with Gasteiger partial charge in [-0.15, -0.1) is 0 Å². The van der Waals surface area contributed by atoms with Gasteiger partial charge in [-0.25, -0.2) is 9.97 Å². The van der Waals surface area contributed by atoms with Gasteiger partial charge >= 0.3 is 0 Å². The number of hydrogen-bond donors (Lipinski definition) is 1. The van der Waals surface area contributed by atoms with Crippen LogP contribution in [0.4, 0.5) is 11.5 Å². The molecule has 7 heteroatoms. The smallest absolute Gasteiger partial charge is 0.158 e. The first kappa shape index (κ1) is 15.8. The third kappa shape index (κ3) is 4.44. The van der Waals surface area contributed by atoms with Crippen LogP contribution in [0.15, 0.2) is 24.3 Å². The van der Waals surface area contributed by atoms with E-state index in [0.717, 1.165) is 9.26 Å². The standard InChI is InChI=1S/C13H12Cl2IN3O/c1-2-20-7-13-18-11(15)6-12(19-13)17-10-4-3-8(14)5-9(10)16/h3-6H,2,7H2,1H3,(H,17,18,19). The second-order valence-electron chi connectivity index (χ2n) is 3.88. The number of halogens is 3. The average Bonchev–Trinajstić information content (AvgIpc) is 2.39. The van der Waals surface area contributed by atoms with Crippen molar-refractivity contribution in [2.75, 3.05) is 11.9 Å². The molecule has 0 aliphatic heterocycles. The van der Waals surface area contributed by atoms with Gasteiger partial charge in [-0.1, -0.05) is 23.2 Å². The number of aromatic nitrogens is 2. The first-order chi connectivity index (χ1) is 9.58. The number of benzene rings is 1. The minimum atomic E-state index is 0.337. The summed E-state index contributed by atoms with van der Waals surface area (Å²) in [6.07, 6.45) is 0. The summed E-state index contributed by atoms with van der Waals surface area (Å²) < 4.78 is 6.29. The van der Waals surface area contributed by atoms with Gasteiger partial charge in [0, 0.05) is 21.3 Å². The summed E-state index contributed by atoms with van der Waals surface area (Å²) in [7, 11) is 0. The molecule has 0 radical (unpaired) electrons. The molecular formula is C13H12Cl2IN3O. The van der Waals surface area contributed by atoms with Crippen LogP contribution in [0.2, 0.25) is 10.2 Å². The summed E-state index contributed by atoms with van der Waals surface area (Å²) >= 11 is 14.1. The molecule has 20 heavy (non-hydrogen) atoms. The van der Waals surface area contributed by atoms with Crippen LogP contribution in [-0.2, 0) is 11.3 Å². The van der Waals surface area contributed by atoms with Crippen molar-refractivity contribution in [1.29, 1.82) is 0 Å². The Labute approximate surface area is 141 Å². The summed E-state index contributed by atoms with van der Waals surface area (Å²) in [5, 5.41) is 4.27. The molecule has 0 bridgehead atoms. The van der Waals surface area contributed by atoms with Crippen LogP contribution in [0.1, 0.15) is 12.7 Å². The van der Waals surface area contributed by atoms with Gasteiger partial charge in [0.05, 0.1) is 5.69 Å². The van der Waals surface area contributed by atoms with Crippen molar-refractivity contribution in [3.05, 3.63) is 43.8 Å². The van der Waals surface area contributed by atoms with Crippen molar-refractivity contribution in [3.63, 3.8) is 0 Å². The van der Waals surface area contributed by atoms with Gasteiger partial charge in [0.15, 0.2) is 5.82 Å². The fourth-order valence-corrected chi connectivity index (χ4v) is 2.72. The number of hydrogen-bond acceptors (Lipinski definition) is 4. The molecule has 1 aromatic carbocycles. The number of nitrogens with one attached hydrogen (secondary N) is 1. The Morgan fingerprint density at radius 2 is 2.05 bits per heavy atom. The van der Waals surface area contributed by atoms with Crippen molar-refractivity contribution >= 4 is 57.3 Å². The SMILES string of the molecule is CCOCc1nc(Cl)cc(Nc2ccc(Cl)cc2I)n1. The zero-order chi connectivity index (χ0) is 14.5. The van der Waals surface area contributed by atoms with Gasteiger partial charge < -0.3 is 10.1 Å². The predicted octanol–water partition coefficient (Wildman–Crippen LogP) is 4.67. The second-order valence-corrected chi connectivity index (χ2v) is 5.86. The highest BCUT2D eigenvalue weighted by Crippen LogP contribution is 2.25. The minimum absolute atomic E-state index is 0.337. The largest absolute Gasteiger partial charge is 0.374 e. The normalized spacial score (nSPS) is 10.6. The highest BCUT2D eigenvalue weighted by molar-refractivity contribution is 14.1. The lowest BCUT2D eigenvalue weighted by molar-refractivity contribution is 0.128. The van der Waals surface area contributed by atoms with Gasteiger partial charge in [-0.05, 0) is 47.7 Å². The summed E-state index contributed by atoms with van der Waals surface area (Å²) in [4.78, 5) is 8.48. The number of ether oxygens (including phenoxy) is 1. The molecule has 1 heterocycles. The molecule has 0 fully saturated rings. The molecule has 0 atom stereocenters. The lowest BCUT2D eigenvalue weighted by Crippen LogP contribution is -2.03. The van der Waals surface area contributed by atoms with Crippen LogP contribution in [0.5, 0.6) is 0 Å². The fourth-order valence-electron chi connectivity index (χ4n) is 1.52. The number of rotatable bonds is 5. The molecule has 0 spiro atoms. The molecule has 1 aromatic heterocycles. The zero-order valence-corrected chi connectivity index (χ0v) is 14.3. The van der Waals surface area contributed by atoms with E-state index >= 15 is 0 Å². The number of anilines is 2. The molecule has 2 rings (SSSR count). The van der Waals surface area contributed by atoms with Crippen LogP contribution in [0, 0.1) is 3.57 Å². The Morgan fingerprint density at radius 3 is 2.75 bits per heavy atom. The third-order valence-corrected chi connectivity index (χ3v) is 3.69. The first-order valence-corrected chi connectivity index (χ1v) is 7.75. The molecule has 0 saturated heterocycles. The highest BCUT2D eigenvalue weighted by Gasteiger charge is 2.06. The fraction of sp³-hybridized carbons (Fsp3) is 0.231. The van der Waals surface area contributed by atoms with Crippen molar-refractivity contribution in [2.24, 2.45) is 0 Å². The van der Waals surface area contributed by atoms with Crippen molar-refractivity contribution in [1.82, 2.24) is 9.97 Å². The van der Waals surface area contributed by atoms with Crippen LogP contribution >= 0.6 is 45.8 Å². The van der Waals surface area contributed by atoms with E-state index < -0.39 is 0 Å². The van der Waals surface area contributed by atoms with Crippen molar-refractivity contribution < 1.29 is 4.74 Å². The van der Waals surface area contributed by atoms with E-state index in [4.69, 9.17) is 27.9 Å². The molecule has 4 nitrogen and oxygen atoms in total. The van der Waals surface area contributed by atoms with Crippen molar-refractivity contribution in [2.45, 2.75) is 13.5 Å². The van der Waals surface area contributed by atoms with E-state index in [1.807, 2.05) is 25.1 Å². The van der Waals surface area contributed by atoms with Gasteiger partial charge in [-0.2, -0.15) is 0 Å². The van der Waals surface area contributed by atoms with E-state index in [9.17, 15) is 0 Å². The van der Waals surface area contributed by atoms with Crippen LogP contribution < -0.4 is 5.32 Å². The molecule has 0 aliphatic carbocycles. The summed E-state index contributed by atoms with van der Waals surface area (Å²) in [6.45, 7) is 2.86. The van der Waals surface area contributed by atoms with E-state index in [2.05, 4.69) is 37.9 Å². The van der Waals surface area contributed by atoms with E-state index in [0.29, 0.717) is 35.0 Å². The van der Waals surface area contributed by atoms with Crippen LogP contribution in [-0.4, -0.2) is 16.6 Å². The number of nitrogens with zero attached hydrogens (tertiary/aromatic N) is 2. The second kappa shape index (κ2) is 7.40. The Kier molecular flexibility index (Phi) is 5.83. The van der Waals surface area contributed by atoms with Crippen LogP contribution in [0.25, 0.3) is 0 Å². The Morgan fingerprint density at radius 1 is 1.25 bits per heavy atom. The summed E-state index contributed by atoms with van der Waals surface area (Å²) in [5.41, 5.74) is 0.909. The molecular weight excluding hydrogens is 412 g/mol. The average molecular weight is 424 g/mol. The lowest BCUT2D eigenvalue weighted by Gasteiger charge is -2.10. The van der Waals surface area contributed by atoms with Gasteiger partial charge in [0.2, 0.25) is 0 Å². The maximum absolute atomic E-state index is 5.99. The zero-order valence-electron chi connectivity index (χ0n) is 10.7. The van der Waals surface area contributed by atoms with Gasteiger partial charge in [0.25, 0.3) is 0 Å². The summed E-state index contributed by atoms with van der Waals surface area (Å²) in [5.74, 6) is 1.17. The van der Waals surface area contributed by atoms with E-state index in [1.165, 1.54) is 0 Å². The van der Waals surface area contributed by atoms with E-state index in [1.54, 1.807) is 6.07 Å². The first-order valence-electron chi connectivity index (χ1n) is 5.91. The third-order valence-electron chi connectivity index (χ3n) is 2.37. The quantitative estimate of drug-likeness (QED) is 0.560. The lowest BCUT2D eigenvalue weighted by atomic mass is 10.3. The van der Waals surface area contributed by atoms with E-state index in [-0.39, 0.29) is 0 Å². The molecule has 0 saturated carbocycles. The molecule has 0 aliphatic rings. The monoisotopic (exact) mass is 423 g/mol. The van der Waals surface area contributed by atoms with Crippen molar-refractivity contribution in [3.8, 4) is 0 Å². The topological polar surface area (TPSA) is 47.0 Å². The molecule has 0 amide bonds. The maximum atomic E-state index is 5.99. The molecule has 1 N–H and O–H groups in total.